The second kappa shape index (κ2) is 7.56. The number of benzene rings is 1. The average Bonchev–Trinajstić information content (AvgIpc) is 3.07. The second-order valence-electron chi connectivity index (χ2n) is 5.17. The van der Waals surface area contributed by atoms with Gasteiger partial charge in [-0.1, -0.05) is 42.2 Å². The maximum atomic E-state index is 5.79. The van der Waals surface area contributed by atoms with Gasteiger partial charge in [0.15, 0.2) is 0 Å². The van der Waals surface area contributed by atoms with E-state index in [1.54, 1.807) is 11.8 Å². The molecule has 0 amide bonds. The van der Waals surface area contributed by atoms with E-state index in [1.807, 2.05) is 30.3 Å². The van der Waals surface area contributed by atoms with E-state index in [-0.39, 0.29) is 5.95 Å². The number of hydrogen-bond acceptors (Lipinski definition) is 7. The molecule has 2 heterocycles. The first-order valence-electron chi connectivity index (χ1n) is 7.45. The van der Waals surface area contributed by atoms with Crippen LogP contribution in [0.25, 0.3) is 0 Å². The predicted octanol–water partition coefficient (Wildman–Crippen LogP) is 2.81. The van der Waals surface area contributed by atoms with Gasteiger partial charge < -0.3 is 16.0 Å². The molecule has 0 saturated carbocycles. The highest BCUT2D eigenvalue weighted by molar-refractivity contribution is 8.22. The Morgan fingerprint density at radius 2 is 1.91 bits per heavy atom. The molecule has 1 aromatic carbocycles. The topological polar surface area (TPSA) is 80.0 Å². The number of hydrogen-bond donors (Lipinski definition) is 2. The zero-order valence-electron chi connectivity index (χ0n) is 12.6. The maximum Gasteiger partial charge on any atom is 0.232 e. The number of thiocarbonyl (C=S) groups is 1. The molecule has 1 aromatic heterocycles. The molecule has 23 heavy (non-hydrogen) atoms. The van der Waals surface area contributed by atoms with Crippen molar-refractivity contribution in [3.63, 3.8) is 0 Å². The summed E-state index contributed by atoms with van der Waals surface area (Å²) in [7, 11) is 0. The fourth-order valence-electron chi connectivity index (χ4n) is 2.33. The number of aromatic nitrogens is 3. The molecule has 0 radical (unpaired) electrons. The van der Waals surface area contributed by atoms with Crippen LogP contribution < -0.4 is 11.1 Å². The summed E-state index contributed by atoms with van der Waals surface area (Å²) < 4.78 is 0.902. The third-order valence-corrected chi connectivity index (χ3v) is 4.94. The lowest BCUT2D eigenvalue weighted by atomic mass is 10.3. The minimum atomic E-state index is 0.209. The number of nitrogens with one attached hydrogen (secondary N) is 1. The van der Waals surface area contributed by atoms with E-state index in [9.17, 15) is 0 Å². The Morgan fingerprint density at radius 1 is 1.17 bits per heavy atom. The molecule has 0 bridgehead atoms. The molecule has 1 aliphatic heterocycles. The Kier molecular flexibility index (Phi) is 5.24. The molecule has 0 atom stereocenters. The van der Waals surface area contributed by atoms with Crippen LogP contribution in [-0.4, -0.2) is 37.3 Å². The summed E-state index contributed by atoms with van der Waals surface area (Å²) in [6.07, 6.45) is 2.43. The molecule has 1 saturated heterocycles. The lowest BCUT2D eigenvalue weighted by Crippen LogP contribution is -2.23. The number of para-hydroxylation sites is 1. The summed E-state index contributed by atoms with van der Waals surface area (Å²) in [4.78, 5) is 15.0. The summed E-state index contributed by atoms with van der Waals surface area (Å²) >= 11 is 7.03. The molecular formula is C15H18N6S2. The van der Waals surface area contributed by atoms with E-state index in [1.165, 1.54) is 12.8 Å². The monoisotopic (exact) mass is 346 g/mol. The number of rotatable bonds is 4. The van der Waals surface area contributed by atoms with Gasteiger partial charge in [-0.25, -0.2) is 0 Å². The van der Waals surface area contributed by atoms with Crippen molar-refractivity contribution in [2.75, 3.05) is 24.1 Å². The molecule has 1 aliphatic rings. The van der Waals surface area contributed by atoms with Crippen molar-refractivity contribution >= 4 is 45.9 Å². The first-order chi connectivity index (χ1) is 11.2. The maximum absolute atomic E-state index is 5.79. The van der Waals surface area contributed by atoms with E-state index in [2.05, 4.69) is 25.2 Å². The van der Waals surface area contributed by atoms with E-state index < -0.39 is 0 Å². The van der Waals surface area contributed by atoms with Crippen LogP contribution in [0.15, 0.2) is 30.3 Å². The Labute approximate surface area is 144 Å². The Morgan fingerprint density at radius 3 is 2.65 bits per heavy atom. The molecule has 2 aromatic rings. The SMILES string of the molecule is Nc1nc(CSC(=S)N2CCCC2)nc(Nc2ccccc2)n1. The minimum Gasteiger partial charge on any atom is -0.368 e. The molecule has 120 valence electrons. The summed E-state index contributed by atoms with van der Waals surface area (Å²) in [5.41, 5.74) is 6.69. The van der Waals surface area contributed by atoms with Crippen LogP contribution in [0.4, 0.5) is 17.6 Å². The third-order valence-electron chi connectivity index (χ3n) is 3.42. The van der Waals surface area contributed by atoms with Crippen molar-refractivity contribution in [1.82, 2.24) is 19.9 Å². The Bertz CT molecular complexity index is 673. The minimum absolute atomic E-state index is 0.209. The molecule has 6 nitrogen and oxygen atoms in total. The predicted molar refractivity (Wildman–Crippen MR) is 98.7 cm³/mol. The van der Waals surface area contributed by atoms with Crippen LogP contribution >= 0.6 is 24.0 Å². The lowest BCUT2D eigenvalue weighted by Gasteiger charge is -2.17. The average molecular weight is 346 g/mol. The van der Waals surface area contributed by atoms with Crippen LogP contribution in [0.5, 0.6) is 0 Å². The normalized spacial score (nSPS) is 14.0. The highest BCUT2D eigenvalue weighted by Gasteiger charge is 2.16. The van der Waals surface area contributed by atoms with Crippen LogP contribution in [0, 0.1) is 0 Å². The van der Waals surface area contributed by atoms with Crippen molar-refractivity contribution in [3.8, 4) is 0 Å². The van der Waals surface area contributed by atoms with Crippen LogP contribution in [0.1, 0.15) is 18.7 Å². The van der Waals surface area contributed by atoms with E-state index in [4.69, 9.17) is 18.0 Å². The van der Waals surface area contributed by atoms with Gasteiger partial charge in [-0.2, -0.15) is 15.0 Å². The van der Waals surface area contributed by atoms with Gasteiger partial charge in [0.25, 0.3) is 0 Å². The molecule has 0 spiro atoms. The second-order valence-corrected chi connectivity index (χ2v) is 6.78. The lowest BCUT2D eigenvalue weighted by molar-refractivity contribution is 0.539. The largest absolute Gasteiger partial charge is 0.368 e. The number of thioether (sulfide) groups is 1. The van der Waals surface area contributed by atoms with Gasteiger partial charge in [0.2, 0.25) is 11.9 Å². The van der Waals surface area contributed by atoms with Crippen LogP contribution in [0.2, 0.25) is 0 Å². The first kappa shape index (κ1) is 15.9. The molecule has 8 heteroatoms. The summed E-state index contributed by atoms with van der Waals surface area (Å²) in [5.74, 6) is 1.88. The van der Waals surface area contributed by atoms with Gasteiger partial charge >= 0.3 is 0 Å². The third kappa shape index (κ3) is 4.52. The van der Waals surface area contributed by atoms with Gasteiger partial charge in [-0.15, -0.1) is 0 Å². The zero-order valence-corrected chi connectivity index (χ0v) is 14.2. The van der Waals surface area contributed by atoms with Crippen molar-refractivity contribution in [2.24, 2.45) is 0 Å². The van der Waals surface area contributed by atoms with Gasteiger partial charge in [0.1, 0.15) is 10.1 Å². The molecule has 0 aliphatic carbocycles. The smallest absolute Gasteiger partial charge is 0.232 e. The Balaban J connectivity index is 1.64. The molecule has 1 fully saturated rings. The Hall–Kier alpha value is -1.93. The van der Waals surface area contributed by atoms with Gasteiger partial charge in [-0.3, -0.25) is 0 Å². The van der Waals surface area contributed by atoms with Crippen molar-refractivity contribution < 1.29 is 0 Å². The summed E-state index contributed by atoms with van der Waals surface area (Å²) in [5, 5.41) is 3.13. The molecule has 3 rings (SSSR count). The molecule has 0 unspecified atom stereocenters. The van der Waals surface area contributed by atoms with Gasteiger partial charge in [0, 0.05) is 18.8 Å². The fraction of sp³-hybridized carbons (Fsp3) is 0.333. The summed E-state index contributed by atoms with van der Waals surface area (Å²) in [6, 6.07) is 9.72. The number of nitrogens with two attached hydrogens (primary N) is 1. The zero-order chi connectivity index (χ0) is 16.1. The molecule has 3 N–H and O–H groups in total. The van der Waals surface area contributed by atoms with Crippen LogP contribution in [-0.2, 0) is 5.75 Å². The standard InChI is InChI=1S/C15H18N6S2/c16-13-18-12(10-23-15(22)21-8-4-5-9-21)19-14(20-13)17-11-6-2-1-3-7-11/h1-3,6-7H,4-5,8-10H2,(H3,16,17,18,19,20). The number of likely N-dealkylation sites (tertiary alicyclic amines) is 1. The van der Waals surface area contributed by atoms with Gasteiger partial charge in [0.05, 0.1) is 5.75 Å². The summed E-state index contributed by atoms with van der Waals surface area (Å²) in [6.45, 7) is 2.10. The number of nitrogen functional groups attached to an aromatic ring is 1. The number of nitrogens with zero attached hydrogens (tertiary/aromatic N) is 4. The van der Waals surface area contributed by atoms with Crippen molar-refractivity contribution in [1.29, 1.82) is 0 Å². The van der Waals surface area contributed by atoms with Gasteiger partial charge in [-0.05, 0) is 25.0 Å². The van der Waals surface area contributed by atoms with Crippen molar-refractivity contribution in [2.45, 2.75) is 18.6 Å². The van der Waals surface area contributed by atoms with E-state index in [0.29, 0.717) is 17.5 Å². The van der Waals surface area contributed by atoms with E-state index >= 15 is 0 Å². The quantitative estimate of drug-likeness (QED) is 0.818. The number of anilines is 3. The highest BCUT2D eigenvalue weighted by Crippen LogP contribution is 2.20. The highest BCUT2D eigenvalue weighted by atomic mass is 32.2. The fourth-order valence-corrected chi connectivity index (χ4v) is 3.43. The van der Waals surface area contributed by atoms with Crippen LogP contribution in [0.3, 0.4) is 0 Å². The molecular weight excluding hydrogens is 328 g/mol. The van der Waals surface area contributed by atoms with Crippen molar-refractivity contribution in [3.05, 3.63) is 36.2 Å². The first-order valence-corrected chi connectivity index (χ1v) is 8.84. The van der Waals surface area contributed by atoms with E-state index in [0.717, 1.165) is 23.1 Å².